The molecule has 124 valence electrons. The van der Waals surface area contributed by atoms with Gasteiger partial charge in [-0.15, -0.1) is 0 Å². The van der Waals surface area contributed by atoms with E-state index in [1.807, 2.05) is 30.3 Å². The first-order chi connectivity index (χ1) is 11.1. The number of aliphatic hydroxyl groups excluding tert-OH is 1. The zero-order chi connectivity index (χ0) is 16.2. The van der Waals surface area contributed by atoms with Gasteiger partial charge in [0.2, 0.25) is 5.89 Å². The molecule has 0 amide bonds. The van der Waals surface area contributed by atoms with Crippen molar-refractivity contribution in [1.82, 2.24) is 19.9 Å². The van der Waals surface area contributed by atoms with E-state index < -0.39 is 6.10 Å². The van der Waals surface area contributed by atoms with E-state index in [1.165, 1.54) is 0 Å². The highest BCUT2D eigenvalue weighted by Gasteiger charge is 2.27. The molecule has 6 nitrogen and oxygen atoms in total. The van der Waals surface area contributed by atoms with Crippen LogP contribution >= 0.6 is 0 Å². The van der Waals surface area contributed by atoms with Crippen LogP contribution in [-0.4, -0.2) is 57.8 Å². The second-order valence-corrected chi connectivity index (χ2v) is 6.27. The number of aryl methyl sites for hydroxylation is 1. The SMILES string of the molecule is Cc1nc(CN(C)[C@H]2CCN(C[C@@H](O)c3ccccc3)C2)no1. The fourth-order valence-corrected chi connectivity index (χ4v) is 3.12. The Morgan fingerprint density at radius 1 is 1.39 bits per heavy atom. The largest absolute Gasteiger partial charge is 0.387 e. The molecule has 2 atom stereocenters. The molecule has 1 aromatic carbocycles. The van der Waals surface area contributed by atoms with Gasteiger partial charge in [-0.25, -0.2) is 0 Å². The molecule has 0 aliphatic carbocycles. The first-order valence-corrected chi connectivity index (χ1v) is 8.06. The van der Waals surface area contributed by atoms with Gasteiger partial charge in [-0.2, -0.15) is 4.98 Å². The Labute approximate surface area is 136 Å². The number of benzene rings is 1. The predicted molar refractivity (Wildman–Crippen MR) is 86.7 cm³/mol. The van der Waals surface area contributed by atoms with Crippen molar-refractivity contribution in [3.63, 3.8) is 0 Å². The third kappa shape index (κ3) is 4.16. The molecule has 0 saturated carbocycles. The summed E-state index contributed by atoms with van der Waals surface area (Å²) in [5, 5.41) is 14.3. The molecule has 1 N–H and O–H groups in total. The van der Waals surface area contributed by atoms with Crippen molar-refractivity contribution in [3.8, 4) is 0 Å². The summed E-state index contributed by atoms with van der Waals surface area (Å²) in [5.41, 5.74) is 0.978. The Balaban J connectivity index is 1.50. The molecule has 0 radical (unpaired) electrons. The van der Waals surface area contributed by atoms with Gasteiger partial charge in [0.05, 0.1) is 12.6 Å². The molecule has 2 aromatic rings. The van der Waals surface area contributed by atoms with Gasteiger partial charge < -0.3 is 9.63 Å². The van der Waals surface area contributed by atoms with Gasteiger partial charge >= 0.3 is 0 Å². The predicted octanol–water partition coefficient (Wildman–Crippen LogP) is 1.62. The number of likely N-dealkylation sites (N-methyl/N-ethyl adjacent to an activating group) is 1. The molecule has 1 fully saturated rings. The normalized spacial score (nSPS) is 20.3. The van der Waals surface area contributed by atoms with E-state index in [2.05, 4.69) is 27.0 Å². The number of hydrogen-bond acceptors (Lipinski definition) is 6. The fourth-order valence-electron chi connectivity index (χ4n) is 3.12. The minimum Gasteiger partial charge on any atom is -0.387 e. The van der Waals surface area contributed by atoms with Gasteiger partial charge in [-0.05, 0) is 25.6 Å². The van der Waals surface area contributed by atoms with Crippen LogP contribution in [0.3, 0.4) is 0 Å². The van der Waals surface area contributed by atoms with Gasteiger partial charge in [-0.1, -0.05) is 35.5 Å². The highest BCUT2D eigenvalue weighted by molar-refractivity contribution is 5.17. The molecule has 6 heteroatoms. The lowest BCUT2D eigenvalue weighted by Gasteiger charge is -2.24. The van der Waals surface area contributed by atoms with Crippen LogP contribution in [0.1, 0.15) is 29.8 Å². The third-order valence-corrected chi connectivity index (χ3v) is 4.45. The van der Waals surface area contributed by atoms with Crippen LogP contribution in [0.5, 0.6) is 0 Å². The van der Waals surface area contributed by atoms with E-state index in [0.717, 1.165) is 30.9 Å². The highest BCUT2D eigenvalue weighted by Crippen LogP contribution is 2.20. The molecule has 3 rings (SSSR count). The van der Waals surface area contributed by atoms with Crippen LogP contribution in [-0.2, 0) is 6.54 Å². The third-order valence-electron chi connectivity index (χ3n) is 4.45. The lowest BCUT2D eigenvalue weighted by Crippen LogP contribution is -2.35. The summed E-state index contributed by atoms with van der Waals surface area (Å²) < 4.78 is 5.02. The van der Waals surface area contributed by atoms with E-state index >= 15 is 0 Å². The molecule has 1 saturated heterocycles. The Morgan fingerprint density at radius 2 is 2.17 bits per heavy atom. The molecule has 1 aliphatic rings. The standard InChI is InChI=1S/C17H24N4O2/c1-13-18-17(19-23-13)12-20(2)15-8-9-21(10-15)11-16(22)14-6-4-3-5-7-14/h3-7,15-16,22H,8-12H2,1-2H3/t15-,16+/m0/s1. The fraction of sp³-hybridized carbons (Fsp3) is 0.529. The number of likely N-dealkylation sites (tertiary alicyclic amines) is 1. The van der Waals surface area contributed by atoms with Gasteiger partial charge in [0.15, 0.2) is 5.82 Å². The molecule has 2 heterocycles. The molecule has 23 heavy (non-hydrogen) atoms. The Morgan fingerprint density at radius 3 is 2.87 bits per heavy atom. The summed E-state index contributed by atoms with van der Waals surface area (Å²) in [6.07, 6.45) is 0.662. The average Bonchev–Trinajstić information content (AvgIpc) is 3.17. The number of hydrogen-bond donors (Lipinski definition) is 1. The summed E-state index contributed by atoms with van der Waals surface area (Å²) in [4.78, 5) is 8.84. The van der Waals surface area contributed by atoms with Crippen molar-refractivity contribution in [2.75, 3.05) is 26.7 Å². The molecule has 0 unspecified atom stereocenters. The van der Waals surface area contributed by atoms with Crippen LogP contribution in [0.25, 0.3) is 0 Å². The van der Waals surface area contributed by atoms with E-state index in [1.54, 1.807) is 6.92 Å². The van der Waals surface area contributed by atoms with Crippen LogP contribution < -0.4 is 0 Å². The lowest BCUT2D eigenvalue weighted by molar-refractivity contribution is 0.120. The molecular formula is C17H24N4O2. The maximum absolute atomic E-state index is 10.4. The van der Waals surface area contributed by atoms with Crippen LogP contribution in [0, 0.1) is 6.92 Å². The van der Waals surface area contributed by atoms with E-state index in [0.29, 0.717) is 25.0 Å². The smallest absolute Gasteiger partial charge is 0.223 e. The molecule has 1 aliphatic heterocycles. The van der Waals surface area contributed by atoms with Crippen LogP contribution in [0.4, 0.5) is 0 Å². The first-order valence-electron chi connectivity index (χ1n) is 8.06. The molecule has 0 spiro atoms. The zero-order valence-corrected chi connectivity index (χ0v) is 13.7. The minimum absolute atomic E-state index is 0.430. The van der Waals surface area contributed by atoms with Gasteiger partial charge in [0.1, 0.15) is 0 Å². The van der Waals surface area contributed by atoms with Crippen molar-refractivity contribution in [2.24, 2.45) is 0 Å². The average molecular weight is 316 g/mol. The Hall–Kier alpha value is -1.76. The van der Waals surface area contributed by atoms with Gasteiger partial charge in [0, 0.05) is 26.1 Å². The Bertz CT molecular complexity index is 616. The van der Waals surface area contributed by atoms with E-state index in [4.69, 9.17) is 4.52 Å². The van der Waals surface area contributed by atoms with Crippen LogP contribution in [0.2, 0.25) is 0 Å². The van der Waals surface area contributed by atoms with Crippen LogP contribution in [0.15, 0.2) is 34.9 Å². The molecule has 1 aromatic heterocycles. The summed E-state index contributed by atoms with van der Waals surface area (Å²) >= 11 is 0. The topological polar surface area (TPSA) is 65.6 Å². The van der Waals surface area contributed by atoms with Gasteiger partial charge in [-0.3, -0.25) is 9.80 Å². The van der Waals surface area contributed by atoms with Crippen molar-refractivity contribution >= 4 is 0 Å². The number of β-amino-alcohol motifs (C(OH)–C–C–N with tert-alkyl or cyclic N) is 1. The monoisotopic (exact) mass is 316 g/mol. The maximum atomic E-state index is 10.4. The number of rotatable bonds is 6. The summed E-state index contributed by atoms with van der Waals surface area (Å²) in [6.45, 7) is 5.13. The summed E-state index contributed by atoms with van der Waals surface area (Å²) in [5.74, 6) is 1.33. The number of aromatic nitrogens is 2. The zero-order valence-electron chi connectivity index (χ0n) is 13.7. The maximum Gasteiger partial charge on any atom is 0.223 e. The van der Waals surface area contributed by atoms with Crippen molar-refractivity contribution in [1.29, 1.82) is 0 Å². The Kier molecular flexibility index (Phi) is 5.05. The van der Waals surface area contributed by atoms with Crippen molar-refractivity contribution in [2.45, 2.75) is 32.0 Å². The minimum atomic E-state index is -0.430. The van der Waals surface area contributed by atoms with E-state index in [-0.39, 0.29) is 0 Å². The summed E-state index contributed by atoms with van der Waals surface area (Å²) in [6, 6.07) is 10.3. The van der Waals surface area contributed by atoms with Crippen molar-refractivity contribution in [3.05, 3.63) is 47.6 Å². The molecular weight excluding hydrogens is 292 g/mol. The first kappa shape index (κ1) is 16.1. The number of nitrogens with zero attached hydrogens (tertiary/aromatic N) is 4. The highest BCUT2D eigenvalue weighted by atomic mass is 16.5. The lowest BCUT2D eigenvalue weighted by atomic mass is 10.1. The second-order valence-electron chi connectivity index (χ2n) is 6.27. The van der Waals surface area contributed by atoms with E-state index in [9.17, 15) is 5.11 Å². The quantitative estimate of drug-likeness (QED) is 0.873. The molecule has 0 bridgehead atoms. The van der Waals surface area contributed by atoms with Gasteiger partial charge in [0.25, 0.3) is 0 Å². The number of aliphatic hydroxyl groups is 1. The summed E-state index contributed by atoms with van der Waals surface area (Å²) in [7, 11) is 2.09. The second kappa shape index (κ2) is 7.21. The van der Waals surface area contributed by atoms with Crippen molar-refractivity contribution < 1.29 is 9.63 Å².